The van der Waals surface area contributed by atoms with Crippen molar-refractivity contribution in [3.05, 3.63) is 24.3 Å². The highest BCUT2D eigenvalue weighted by molar-refractivity contribution is 7.19. The van der Waals surface area contributed by atoms with E-state index in [1.54, 1.807) is 30.3 Å². The Morgan fingerprint density at radius 2 is 2.00 bits per heavy atom. The molecule has 0 saturated carbocycles. The Labute approximate surface area is 80.1 Å². The summed E-state index contributed by atoms with van der Waals surface area (Å²) < 4.78 is 8.01. The fraction of sp³-hybridized carbons (Fsp3) is 0.222. The summed E-state index contributed by atoms with van der Waals surface area (Å²) in [5, 5.41) is 0.753. The van der Waals surface area contributed by atoms with Crippen LogP contribution in [0.15, 0.2) is 24.3 Å². The number of thiazole rings is 1. The van der Waals surface area contributed by atoms with E-state index in [0.29, 0.717) is 0 Å². The molecular weight excluding hydrogens is 186 g/mol. The fourth-order valence-electron chi connectivity index (χ4n) is 1.24. The summed E-state index contributed by atoms with van der Waals surface area (Å²) in [6.07, 6.45) is 0. The number of para-hydroxylation sites is 1. The normalized spacial score (nSPS) is 10.3. The van der Waals surface area contributed by atoms with E-state index < -0.39 is 0 Å². The van der Waals surface area contributed by atoms with Gasteiger partial charge in [0, 0.05) is 6.07 Å². The maximum absolute atomic E-state index is 5.19. The van der Waals surface area contributed by atoms with Crippen LogP contribution in [0.2, 0.25) is 0 Å². The van der Waals surface area contributed by atoms with Gasteiger partial charge in [0.1, 0.15) is 11.8 Å². The molecule has 0 atom stereocenters. The smallest absolute Gasteiger partial charge is 0.436 e. The standard InChI is InChI=1S/C9H10NO2S/c1-11-9-10(12-2)7-5-3-4-6-8(7)13-9/h3-6H,1-2H3/q+1. The summed E-state index contributed by atoms with van der Waals surface area (Å²) in [6.45, 7) is 0. The average molecular weight is 196 g/mol. The zero-order valence-corrected chi connectivity index (χ0v) is 8.30. The molecule has 0 aliphatic carbocycles. The second-order valence-electron chi connectivity index (χ2n) is 2.52. The highest BCUT2D eigenvalue weighted by atomic mass is 32.1. The highest BCUT2D eigenvalue weighted by Gasteiger charge is 2.22. The molecule has 13 heavy (non-hydrogen) atoms. The van der Waals surface area contributed by atoms with Crippen molar-refractivity contribution in [1.29, 1.82) is 0 Å². The van der Waals surface area contributed by atoms with Crippen molar-refractivity contribution in [1.82, 2.24) is 0 Å². The Balaban J connectivity index is 2.73. The van der Waals surface area contributed by atoms with Crippen molar-refractivity contribution in [3.8, 4) is 5.19 Å². The van der Waals surface area contributed by atoms with Gasteiger partial charge in [-0.25, -0.2) is 0 Å². The summed E-state index contributed by atoms with van der Waals surface area (Å²) in [5.41, 5.74) is 1.03. The van der Waals surface area contributed by atoms with Gasteiger partial charge in [0.05, 0.1) is 11.8 Å². The van der Waals surface area contributed by atoms with Crippen molar-refractivity contribution in [2.24, 2.45) is 0 Å². The van der Waals surface area contributed by atoms with E-state index >= 15 is 0 Å². The molecule has 0 fully saturated rings. The van der Waals surface area contributed by atoms with E-state index in [4.69, 9.17) is 9.57 Å². The maximum Gasteiger partial charge on any atom is 0.480 e. The molecule has 1 aromatic carbocycles. The summed E-state index contributed by atoms with van der Waals surface area (Å²) in [5.74, 6) is 0. The minimum Gasteiger partial charge on any atom is -0.436 e. The molecule has 0 bridgehead atoms. The Morgan fingerprint density at radius 1 is 1.23 bits per heavy atom. The zero-order chi connectivity index (χ0) is 9.26. The fourth-order valence-corrected chi connectivity index (χ4v) is 2.17. The largest absolute Gasteiger partial charge is 0.480 e. The number of methoxy groups -OCH3 is 1. The van der Waals surface area contributed by atoms with Gasteiger partial charge in [0.2, 0.25) is 0 Å². The van der Waals surface area contributed by atoms with Crippen molar-refractivity contribution in [3.63, 3.8) is 0 Å². The summed E-state index contributed by atoms with van der Waals surface area (Å²) in [6, 6.07) is 8.01. The number of benzene rings is 1. The first-order valence-electron chi connectivity index (χ1n) is 3.89. The molecule has 0 amide bonds. The van der Waals surface area contributed by atoms with Gasteiger partial charge in [0.15, 0.2) is 0 Å². The van der Waals surface area contributed by atoms with Gasteiger partial charge in [-0.3, -0.25) is 4.84 Å². The lowest BCUT2D eigenvalue weighted by atomic mass is 10.3. The second kappa shape index (κ2) is 3.22. The van der Waals surface area contributed by atoms with E-state index in [1.165, 1.54) is 0 Å². The molecule has 4 heteroatoms. The monoisotopic (exact) mass is 196 g/mol. The minimum absolute atomic E-state index is 0.753. The second-order valence-corrected chi connectivity index (χ2v) is 3.51. The van der Waals surface area contributed by atoms with E-state index in [2.05, 4.69) is 0 Å². The number of rotatable bonds is 2. The Hall–Kier alpha value is -1.29. The van der Waals surface area contributed by atoms with Gasteiger partial charge in [-0.15, -0.1) is 0 Å². The van der Waals surface area contributed by atoms with Gasteiger partial charge < -0.3 is 4.74 Å². The molecular formula is C9H10NO2S+. The van der Waals surface area contributed by atoms with Gasteiger partial charge in [-0.05, 0) is 17.4 Å². The Bertz CT molecular complexity index is 424. The van der Waals surface area contributed by atoms with Crippen LogP contribution < -0.4 is 14.3 Å². The van der Waals surface area contributed by atoms with Crippen molar-refractivity contribution in [2.45, 2.75) is 0 Å². The number of hydrogen-bond acceptors (Lipinski definition) is 3. The molecule has 0 N–H and O–H groups in total. The molecule has 0 aliphatic heterocycles. The predicted molar refractivity (Wildman–Crippen MR) is 51.1 cm³/mol. The van der Waals surface area contributed by atoms with Crippen LogP contribution in [0.5, 0.6) is 5.19 Å². The van der Waals surface area contributed by atoms with Gasteiger partial charge in [-0.1, -0.05) is 12.1 Å². The lowest BCUT2D eigenvalue weighted by molar-refractivity contribution is -0.863. The average Bonchev–Trinajstić information content (AvgIpc) is 2.55. The molecule has 0 aliphatic rings. The third kappa shape index (κ3) is 1.23. The third-order valence-corrected chi connectivity index (χ3v) is 2.88. The van der Waals surface area contributed by atoms with Crippen LogP contribution in [0.4, 0.5) is 0 Å². The SMILES string of the molecule is COc1sc2ccccc2[n+]1OC. The molecule has 1 aromatic heterocycles. The number of nitrogens with zero attached hydrogens (tertiary/aromatic N) is 1. The van der Waals surface area contributed by atoms with Gasteiger partial charge in [-0.2, -0.15) is 0 Å². The lowest BCUT2D eigenvalue weighted by Gasteiger charge is -1.90. The zero-order valence-electron chi connectivity index (χ0n) is 7.48. The number of ether oxygens (including phenoxy) is 1. The van der Waals surface area contributed by atoms with Crippen LogP contribution in [-0.4, -0.2) is 14.2 Å². The molecule has 0 spiro atoms. The molecule has 2 aromatic rings. The molecule has 3 nitrogen and oxygen atoms in total. The summed E-state index contributed by atoms with van der Waals surface area (Å²) >= 11 is 1.56. The molecule has 2 rings (SSSR count). The maximum atomic E-state index is 5.19. The molecule has 0 radical (unpaired) electrons. The number of aromatic nitrogens is 1. The topological polar surface area (TPSA) is 22.3 Å². The van der Waals surface area contributed by atoms with Crippen molar-refractivity contribution < 1.29 is 14.3 Å². The predicted octanol–water partition coefficient (Wildman–Crippen LogP) is 1.26. The van der Waals surface area contributed by atoms with E-state index in [1.807, 2.05) is 24.3 Å². The first kappa shape index (κ1) is 8.31. The lowest BCUT2D eigenvalue weighted by Crippen LogP contribution is -2.40. The quantitative estimate of drug-likeness (QED) is 0.675. The number of fused-ring (bicyclic) bond motifs is 1. The Kier molecular flexibility index (Phi) is 2.06. The molecule has 0 saturated heterocycles. The van der Waals surface area contributed by atoms with Crippen LogP contribution in [0, 0.1) is 0 Å². The van der Waals surface area contributed by atoms with Gasteiger partial charge >= 0.3 is 5.19 Å². The van der Waals surface area contributed by atoms with Crippen molar-refractivity contribution >= 4 is 21.6 Å². The van der Waals surface area contributed by atoms with Crippen LogP contribution in [0.1, 0.15) is 0 Å². The van der Waals surface area contributed by atoms with E-state index in [-0.39, 0.29) is 0 Å². The summed E-state index contributed by atoms with van der Waals surface area (Å²) in [4.78, 5) is 5.19. The van der Waals surface area contributed by atoms with Crippen LogP contribution in [0.3, 0.4) is 0 Å². The van der Waals surface area contributed by atoms with Crippen LogP contribution in [0.25, 0.3) is 10.2 Å². The van der Waals surface area contributed by atoms with E-state index in [9.17, 15) is 0 Å². The first-order chi connectivity index (χ1) is 6.36. The molecule has 1 heterocycles. The summed E-state index contributed by atoms with van der Waals surface area (Å²) in [7, 11) is 3.27. The highest BCUT2D eigenvalue weighted by Crippen LogP contribution is 2.24. The Morgan fingerprint density at radius 3 is 2.69 bits per heavy atom. The number of hydrogen-bond donors (Lipinski definition) is 0. The first-order valence-corrected chi connectivity index (χ1v) is 4.70. The molecule has 68 valence electrons. The van der Waals surface area contributed by atoms with E-state index in [0.717, 1.165) is 15.4 Å². The molecule has 0 unspecified atom stereocenters. The van der Waals surface area contributed by atoms with Crippen LogP contribution in [-0.2, 0) is 0 Å². The van der Waals surface area contributed by atoms with Gasteiger partial charge in [0.25, 0.3) is 5.52 Å². The third-order valence-electron chi connectivity index (χ3n) is 1.80. The van der Waals surface area contributed by atoms with Crippen molar-refractivity contribution in [2.75, 3.05) is 14.2 Å². The minimum atomic E-state index is 0.753. The van der Waals surface area contributed by atoms with Crippen LogP contribution >= 0.6 is 11.3 Å².